The first-order valence-corrected chi connectivity index (χ1v) is 13.2. The van der Waals surface area contributed by atoms with Crippen molar-refractivity contribution in [1.82, 2.24) is 4.90 Å². The highest BCUT2D eigenvalue weighted by Crippen LogP contribution is 2.46. The Balaban J connectivity index is 0.00000176. The minimum Gasteiger partial charge on any atom is -0.375 e. The van der Waals surface area contributed by atoms with Crippen molar-refractivity contribution in [1.29, 1.82) is 0 Å². The second kappa shape index (κ2) is 10.3. The second-order valence-electron chi connectivity index (χ2n) is 10.4. The molecule has 0 bridgehead atoms. The van der Waals surface area contributed by atoms with Crippen LogP contribution in [-0.4, -0.2) is 35.8 Å². The van der Waals surface area contributed by atoms with E-state index in [0.717, 1.165) is 45.9 Å². The SMILES string of the molecule is C=CC(=O)N1C(C)CC(Nc2ccc3c(c2)N(C)C(=O)C3(C)C)(c2cccc(Cl)c2C)CC1C.CC. The maximum Gasteiger partial charge on any atom is 0.246 e. The van der Waals surface area contributed by atoms with E-state index in [-0.39, 0.29) is 23.9 Å². The number of benzene rings is 2. The maximum atomic E-state index is 12.8. The Kier molecular flexibility index (Phi) is 7.95. The first kappa shape index (κ1) is 27.8. The van der Waals surface area contributed by atoms with Crippen LogP contribution in [0.3, 0.4) is 0 Å². The van der Waals surface area contributed by atoms with E-state index in [4.69, 9.17) is 11.6 Å². The molecule has 5 nitrogen and oxygen atoms in total. The van der Waals surface area contributed by atoms with Crippen LogP contribution in [0.25, 0.3) is 0 Å². The zero-order valence-electron chi connectivity index (χ0n) is 22.9. The molecule has 2 heterocycles. The van der Waals surface area contributed by atoms with Gasteiger partial charge in [0.2, 0.25) is 11.8 Å². The third kappa shape index (κ3) is 4.54. The van der Waals surface area contributed by atoms with Crippen molar-refractivity contribution < 1.29 is 9.59 Å². The Labute approximate surface area is 221 Å². The van der Waals surface area contributed by atoms with E-state index >= 15 is 0 Å². The lowest BCUT2D eigenvalue weighted by Crippen LogP contribution is -2.57. The van der Waals surface area contributed by atoms with Gasteiger partial charge in [-0.3, -0.25) is 9.59 Å². The van der Waals surface area contributed by atoms with Gasteiger partial charge in [-0.1, -0.05) is 50.2 Å². The van der Waals surface area contributed by atoms with E-state index in [1.54, 1.807) is 4.90 Å². The van der Waals surface area contributed by atoms with Gasteiger partial charge in [0.1, 0.15) is 0 Å². The highest BCUT2D eigenvalue weighted by atomic mass is 35.5. The van der Waals surface area contributed by atoms with Crippen molar-refractivity contribution in [3.8, 4) is 0 Å². The molecule has 6 heteroatoms. The van der Waals surface area contributed by atoms with Crippen molar-refractivity contribution in [2.24, 2.45) is 0 Å². The molecule has 36 heavy (non-hydrogen) atoms. The predicted octanol–water partition coefficient (Wildman–Crippen LogP) is 6.82. The number of carbonyl (C=O) groups excluding carboxylic acids is 2. The average molecular weight is 510 g/mol. The molecule has 4 rings (SSSR count). The largest absolute Gasteiger partial charge is 0.375 e. The lowest BCUT2D eigenvalue weighted by molar-refractivity contribution is -0.133. The van der Waals surface area contributed by atoms with Gasteiger partial charge in [-0.2, -0.15) is 0 Å². The molecular formula is C30H40ClN3O2. The van der Waals surface area contributed by atoms with Gasteiger partial charge in [0, 0.05) is 35.5 Å². The summed E-state index contributed by atoms with van der Waals surface area (Å²) >= 11 is 6.57. The van der Waals surface area contributed by atoms with E-state index in [2.05, 4.69) is 56.9 Å². The summed E-state index contributed by atoms with van der Waals surface area (Å²) in [6, 6.07) is 12.2. The number of halogens is 1. The second-order valence-corrected chi connectivity index (χ2v) is 10.8. The molecule has 0 spiro atoms. The molecule has 1 N–H and O–H groups in total. The van der Waals surface area contributed by atoms with Crippen molar-refractivity contribution in [3.05, 3.63) is 70.8 Å². The number of likely N-dealkylation sites (N-methyl/N-ethyl adjacent to an activating group) is 1. The van der Waals surface area contributed by atoms with Gasteiger partial charge in [-0.15, -0.1) is 0 Å². The van der Waals surface area contributed by atoms with Crippen molar-refractivity contribution in [3.63, 3.8) is 0 Å². The number of anilines is 2. The highest BCUT2D eigenvalue weighted by Gasteiger charge is 2.46. The number of carbonyl (C=O) groups is 2. The number of hydrogen-bond acceptors (Lipinski definition) is 3. The third-order valence-electron chi connectivity index (χ3n) is 7.71. The van der Waals surface area contributed by atoms with Crippen molar-refractivity contribution >= 4 is 34.8 Å². The van der Waals surface area contributed by atoms with E-state index in [9.17, 15) is 9.59 Å². The summed E-state index contributed by atoms with van der Waals surface area (Å²) in [5.74, 6) is 0.0508. The van der Waals surface area contributed by atoms with Gasteiger partial charge >= 0.3 is 0 Å². The van der Waals surface area contributed by atoms with Gasteiger partial charge < -0.3 is 15.1 Å². The minimum absolute atomic E-state index is 0.00209. The normalized spacial score (nSPS) is 24.5. The zero-order chi connectivity index (χ0) is 27.0. The molecule has 0 saturated carbocycles. The Morgan fingerprint density at radius 2 is 1.72 bits per heavy atom. The quantitative estimate of drug-likeness (QED) is 0.460. The fraction of sp³-hybridized carbons (Fsp3) is 0.467. The number of nitrogens with one attached hydrogen (secondary N) is 1. The molecule has 194 valence electrons. The monoisotopic (exact) mass is 509 g/mol. The van der Waals surface area contributed by atoms with Gasteiger partial charge in [-0.05, 0) is 88.4 Å². The number of hydrogen-bond donors (Lipinski definition) is 1. The van der Waals surface area contributed by atoms with Crippen LogP contribution in [0.4, 0.5) is 11.4 Å². The summed E-state index contributed by atoms with van der Waals surface area (Å²) in [6.45, 7) is 17.9. The van der Waals surface area contributed by atoms with E-state index in [0.29, 0.717) is 0 Å². The summed E-state index contributed by atoms with van der Waals surface area (Å²) in [5, 5.41) is 4.58. The van der Waals surface area contributed by atoms with E-state index in [1.807, 2.05) is 51.8 Å². The number of piperidine rings is 1. The fourth-order valence-corrected chi connectivity index (χ4v) is 6.29. The molecule has 2 unspecified atom stereocenters. The summed E-state index contributed by atoms with van der Waals surface area (Å²) in [7, 11) is 1.83. The summed E-state index contributed by atoms with van der Waals surface area (Å²) in [5.41, 5.74) is 4.10. The van der Waals surface area contributed by atoms with Gasteiger partial charge in [-0.25, -0.2) is 0 Å². The summed E-state index contributed by atoms with van der Waals surface area (Å²) < 4.78 is 0. The number of rotatable bonds is 4. The molecule has 2 aliphatic rings. The highest BCUT2D eigenvalue weighted by molar-refractivity contribution is 6.31. The van der Waals surface area contributed by atoms with Crippen LogP contribution in [0.5, 0.6) is 0 Å². The number of fused-ring (bicyclic) bond motifs is 1. The first-order chi connectivity index (χ1) is 16.9. The van der Waals surface area contributed by atoms with Crippen molar-refractivity contribution in [2.45, 2.75) is 84.3 Å². The Morgan fingerprint density at radius 1 is 1.11 bits per heavy atom. The molecule has 2 amide bonds. The number of nitrogens with zero attached hydrogens (tertiary/aromatic N) is 2. The Bertz CT molecular complexity index is 1160. The first-order valence-electron chi connectivity index (χ1n) is 12.8. The molecule has 1 fully saturated rings. The zero-order valence-corrected chi connectivity index (χ0v) is 23.7. The Hall–Kier alpha value is -2.79. The molecule has 2 aromatic carbocycles. The molecular weight excluding hydrogens is 470 g/mol. The van der Waals surface area contributed by atoms with E-state index in [1.165, 1.54) is 6.08 Å². The van der Waals surface area contributed by atoms with Crippen LogP contribution in [-0.2, 0) is 20.5 Å². The summed E-state index contributed by atoms with van der Waals surface area (Å²) in [6.07, 6.45) is 2.83. The van der Waals surface area contributed by atoms with E-state index < -0.39 is 11.0 Å². The molecule has 0 radical (unpaired) electrons. The topological polar surface area (TPSA) is 52.7 Å². The van der Waals surface area contributed by atoms with Gasteiger partial charge in [0.25, 0.3) is 0 Å². The average Bonchev–Trinajstić information content (AvgIpc) is 3.01. The number of amides is 2. The predicted molar refractivity (Wildman–Crippen MR) is 151 cm³/mol. The number of likely N-dealkylation sites (tertiary alicyclic amines) is 1. The van der Waals surface area contributed by atoms with Crippen LogP contribution in [0, 0.1) is 6.92 Å². The lowest BCUT2D eigenvalue weighted by atomic mass is 9.73. The van der Waals surface area contributed by atoms with Gasteiger partial charge in [0.15, 0.2) is 0 Å². The van der Waals surface area contributed by atoms with Crippen LogP contribution < -0.4 is 10.2 Å². The third-order valence-corrected chi connectivity index (χ3v) is 8.11. The van der Waals surface area contributed by atoms with Gasteiger partial charge in [0.05, 0.1) is 11.0 Å². The summed E-state index contributed by atoms with van der Waals surface area (Å²) in [4.78, 5) is 29.1. The maximum absolute atomic E-state index is 12.8. The Morgan fingerprint density at radius 3 is 2.31 bits per heavy atom. The standard InChI is InChI=1S/C28H34ClN3O2.C2H6/c1-8-25(33)32-17(2)15-28(16-18(32)3,21-10-9-11-23(29)19(21)4)30-20-12-13-22-24(14-20)31(7)26(34)27(22,5)6;1-2/h8-14,17-18,30H,1,15-16H2,2-7H3;1-2H3. The van der Waals surface area contributed by atoms with Crippen LogP contribution in [0.2, 0.25) is 5.02 Å². The van der Waals surface area contributed by atoms with Crippen LogP contribution >= 0.6 is 11.6 Å². The molecule has 2 aliphatic heterocycles. The molecule has 0 aliphatic carbocycles. The molecule has 0 aromatic heterocycles. The molecule has 2 aromatic rings. The minimum atomic E-state index is -0.538. The smallest absolute Gasteiger partial charge is 0.246 e. The van der Waals surface area contributed by atoms with Crippen LogP contribution in [0.1, 0.15) is 71.1 Å². The van der Waals surface area contributed by atoms with Crippen LogP contribution in [0.15, 0.2) is 49.1 Å². The molecule has 2 atom stereocenters. The van der Waals surface area contributed by atoms with Crippen molar-refractivity contribution in [2.75, 3.05) is 17.3 Å². The molecule has 1 saturated heterocycles. The lowest BCUT2D eigenvalue weighted by Gasteiger charge is -2.50. The fourth-order valence-electron chi connectivity index (χ4n) is 6.11.